The van der Waals surface area contributed by atoms with Gasteiger partial charge in [0.05, 0.1) is 11.8 Å². The molecule has 0 spiro atoms. The molecule has 0 radical (unpaired) electrons. The van der Waals surface area contributed by atoms with Gasteiger partial charge >= 0.3 is 0 Å². The maximum atomic E-state index is 12.6. The van der Waals surface area contributed by atoms with Gasteiger partial charge in [0.25, 0.3) is 0 Å². The molecule has 5 nitrogen and oxygen atoms in total. The predicted octanol–water partition coefficient (Wildman–Crippen LogP) is 4.23. The Labute approximate surface area is 158 Å². The number of amides is 1. The summed E-state index contributed by atoms with van der Waals surface area (Å²) in [5.74, 6) is 0.596. The fourth-order valence-corrected chi connectivity index (χ4v) is 3.44. The molecule has 1 aromatic heterocycles. The first-order valence-electron chi connectivity index (χ1n) is 9.47. The zero-order valence-corrected chi connectivity index (χ0v) is 15.3. The van der Waals surface area contributed by atoms with Crippen molar-refractivity contribution in [2.24, 2.45) is 0 Å². The standard InChI is InChI=1S/C22H24N2O3/c25-22(15-24-13-12-17-7-1-3-10-20(17)24)23-19-9-2-4-11-21(19)27-16-18-8-5-6-14-26-18/h1-4,7,9-13,18H,5-6,8,14-16H2,(H,23,25). The SMILES string of the molecule is O=C(Cn1ccc2ccccc21)Nc1ccccc1OCC1CCCCO1. The highest BCUT2D eigenvalue weighted by Gasteiger charge is 2.16. The lowest BCUT2D eigenvalue weighted by molar-refractivity contribution is -0.116. The van der Waals surface area contributed by atoms with Crippen LogP contribution in [0.4, 0.5) is 5.69 Å². The second kappa shape index (κ2) is 8.27. The van der Waals surface area contributed by atoms with Crippen molar-refractivity contribution < 1.29 is 14.3 Å². The van der Waals surface area contributed by atoms with Crippen molar-refractivity contribution in [3.63, 3.8) is 0 Å². The van der Waals surface area contributed by atoms with Gasteiger partial charge in [-0.1, -0.05) is 30.3 Å². The molecule has 5 heteroatoms. The number of benzene rings is 2. The van der Waals surface area contributed by atoms with E-state index in [2.05, 4.69) is 5.32 Å². The molecule has 0 bridgehead atoms. The van der Waals surface area contributed by atoms with Crippen LogP contribution in [0.1, 0.15) is 19.3 Å². The number of hydrogen-bond donors (Lipinski definition) is 1. The molecule has 0 aliphatic carbocycles. The Morgan fingerprint density at radius 2 is 1.96 bits per heavy atom. The van der Waals surface area contributed by atoms with Gasteiger partial charge < -0.3 is 19.4 Å². The van der Waals surface area contributed by atoms with E-state index in [1.54, 1.807) is 0 Å². The third kappa shape index (κ3) is 4.31. The number of hydrogen-bond acceptors (Lipinski definition) is 3. The van der Waals surface area contributed by atoms with Crippen LogP contribution >= 0.6 is 0 Å². The molecule has 3 aromatic rings. The summed E-state index contributed by atoms with van der Waals surface area (Å²) in [5.41, 5.74) is 1.74. The normalized spacial score (nSPS) is 17.0. The number of fused-ring (bicyclic) bond motifs is 1. The van der Waals surface area contributed by atoms with Crippen LogP contribution in [0.2, 0.25) is 0 Å². The lowest BCUT2D eigenvalue weighted by Gasteiger charge is -2.23. The molecule has 1 unspecified atom stereocenters. The van der Waals surface area contributed by atoms with E-state index in [1.165, 1.54) is 6.42 Å². The molecule has 1 N–H and O–H groups in total. The number of nitrogens with zero attached hydrogens (tertiary/aromatic N) is 1. The number of ether oxygens (including phenoxy) is 2. The van der Waals surface area contributed by atoms with E-state index in [4.69, 9.17) is 9.47 Å². The number of nitrogens with one attached hydrogen (secondary N) is 1. The summed E-state index contributed by atoms with van der Waals surface area (Å²) in [4.78, 5) is 12.6. The van der Waals surface area contributed by atoms with Crippen LogP contribution in [0.25, 0.3) is 10.9 Å². The number of carbonyl (C=O) groups is 1. The van der Waals surface area contributed by atoms with Crippen LogP contribution < -0.4 is 10.1 Å². The molecule has 1 amide bonds. The van der Waals surface area contributed by atoms with Crippen LogP contribution in [0.5, 0.6) is 5.75 Å². The minimum Gasteiger partial charge on any atom is -0.489 e. The van der Waals surface area contributed by atoms with Crippen LogP contribution in [-0.2, 0) is 16.1 Å². The number of carbonyl (C=O) groups excluding carboxylic acids is 1. The number of anilines is 1. The molecule has 4 rings (SSSR count). The molecule has 2 aromatic carbocycles. The van der Waals surface area contributed by atoms with Crippen LogP contribution in [-0.4, -0.2) is 29.8 Å². The van der Waals surface area contributed by atoms with Gasteiger partial charge in [0.15, 0.2) is 0 Å². The van der Waals surface area contributed by atoms with Gasteiger partial charge in [-0.15, -0.1) is 0 Å². The Kier molecular flexibility index (Phi) is 5.39. The first-order chi connectivity index (χ1) is 13.3. The lowest BCUT2D eigenvalue weighted by atomic mass is 10.1. The number of aromatic nitrogens is 1. The summed E-state index contributed by atoms with van der Waals surface area (Å²) in [6, 6.07) is 17.6. The van der Waals surface area contributed by atoms with Gasteiger partial charge in [-0.25, -0.2) is 0 Å². The van der Waals surface area contributed by atoms with Gasteiger partial charge in [-0.3, -0.25) is 4.79 Å². The van der Waals surface area contributed by atoms with Crippen molar-refractivity contribution >= 4 is 22.5 Å². The van der Waals surface area contributed by atoms with E-state index < -0.39 is 0 Å². The van der Waals surface area contributed by atoms with Gasteiger partial charge in [0, 0.05) is 18.3 Å². The van der Waals surface area contributed by atoms with E-state index in [9.17, 15) is 4.79 Å². The van der Waals surface area contributed by atoms with Crippen molar-refractivity contribution in [1.29, 1.82) is 0 Å². The van der Waals surface area contributed by atoms with Crippen molar-refractivity contribution in [3.8, 4) is 5.75 Å². The van der Waals surface area contributed by atoms with Gasteiger partial charge in [-0.2, -0.15) is 0 Å². The molecular formula is C22H24N2O3. The maximum Gasteiger partial charge on any atom is 0.244 e. The smallest absolute Gasteiger partial charge is 0.244 e. The van der Waals surface area contributed by atoms with Crippen LogP contribution in [0, 0.1) is 0 Å². The maximum absolute atomic E-state index is 12.6. The number of para-hydroxylation sites is 3. The molecule has 1 aliphatic rings. The molecular weight excluding hydrogens is 340 g/mol. The third-order valence-corrected chi connectivity index (χ3v) is 4.85. The zero-order chi connectivity index (χ0) is 18.5. The second-order valence-electron chi connectivity index (χ2n) is 6.85. The minimum atomic E-state index is -0.0821. The number of rotatable bonds is 6. The van der Waals surface area contributed by atoms with E-state index in [0.29, 0.717) is 18.0 Å². The molecule has 1 fully saturated rings. The summed E-state index contributed by atoms with van der Waals surface area (Å²) >= 11 is 0. The summed E-state index contributed by atoms with van der Waals surface area (Å²) in [6.45, 7) is 1.57. The predicted molar refractivity (Wildman–Crippen MR) is 106 cm³/mol. The average Bonchev–Trinajstić information content (AvgIpc) is 3.11. The molecule has 1 atom stereocenters. The highest BCUT2D eigenvalue weighted by atomic mass is 16.5. The molecule has 0 saturated carbocycles. The van der Waals surface area contributed by atoms with E-state index in [1.807, 2.05) is 65.4 Å². The quantitative estimate of drug-likeness (QED) is 0.712. The summed E-state index contributed by atoms with van der Waals surface area (Å²) in [6.07, 6.45) is 5.39. The zero-order valence-electron chi connectivity index (χ0n) is 15.3. The highest BCUT2D eigenvalue weighted by Crippen LogP contribution is 2.25. The Morgan fingerprint density at radius 1 is 1.11 bits per heavy atom. The van der Waals surface area contributed by atoms with Crippen molar-refractivity contribution in [1.82, 2.24) is 4.57 Å². The Hall–Kier alpha value is -2.79. The molecule has 1 saturated heterocycles. The fraction of sp³-hybridized carbons (Fsp3) is 0.318. The fourth-order valence-electron chi connectivity index (χ4n) is 3.44. The summed E-state index contributed by atoms with van der Waals surface area (Å²) < 4.78 is 13.6. The van der Waals surface area contributed by atoms with Crippen LogP contribution in [0.15, 0.2) is 60.8 Å². The van der Waals surface area contributed by atoms with E-state index >= 15 is 0 Å². The first kappa shape index (κ1) is 17.6. The first-order valence-corrected chi connectivity index (χ1v) is 9.47. The monoisotopic (exact) mass is 364 g/mol. The van der Waals surface area contributed by atoms with Gasteiger partial charge in [0.1, 0.15) is 18.9 Å². The molecule has 1 aliphatic heterocycles. The van der Waals surface area contributed by atoms with Crippen molar-refractivity contribution in [2.45, 2.75) is 31.9 Å². The third-order valence-electron chi connectivity index (χ3n) is 4.85. The van der Waals surface area contributed by atoms with Gasteiger partial charge in [-0.05, 0) is 48.9 Å². The van der Waals surface area contributed by atoms with Crippen molar-refractivity contribution in [2.75, 3.05) is 18.5 Å². The largest absolute Gasteiger partial charge is 0.489 e. The molecule has 140 valence electrons. The van der Waals surface area contributed by atoms with Crippen molar-refractivity contribution in [3.05, 3.63) is 60.8 Å². The summed E-state index contributed by atoms with van der Waals surface area (Å²) in [5, 5.41) is 4.10. The Bertz CT molecular complexity index is 913. The van der Waals surface area contributed by atoms with E-state index in [0.717, 1.165) is 30.4 Å². The lowest BCUT2D eigenvalue weighted by Crippen LogP contribution is -2.26. The highest BCUT2D eigenvalue weighted by molar-refractivity contribution is 5.93. The average molecular weight is 364 g/mol. The van der Waals surface area contributed by atoms with E-state index in [-0.39, 0.29) is 18.6 Å². The Balaban J connectivity index is 1.40. The van der Waals surface area contributed by atoms with Crippen LogP contribution in [0.3, 0.4) is 0 Å². The Morgan fingerprint density at radius 3 is 2.85 bits per heavy atom. The topological polar surface area (TPSA) is 52.5 Å². The second-order valence-corrected chi connectivity index (χ2v) is 6.85. The molecule has 2 heterocycles. The minimum absolute atomic E-state index is 0.0821. The summed E-state index contributed by atoms with van der Waals surface area (Å²) in [7, 11) is 0. The van der Waals surface area contributed by atoms with Gasteiger partial charge in [0.2, 0.25) is 5.91 Å². The molecule has 27 heavy (non-hydrogen) atoms.